The topological polar surface area (TPSA) is 75.4 Å². The van der Waals surface area contributed by atoms with Crippen molar-refractivity contribution in [1.29, 1.82) is 0 Å². The molecule has 0 unspecified atom stereocenters. The van der Waals surface area contributed by atoms with Gasteiger partial charge >= 0.3 is 6.03 Å². The lowest BCUT2D eigenvalue weighted by Gasteiger charge is -2.26. The number of rotatable bonds is 5. The molecule has 1 aromatic carbocycles. The predicted octanol–water partition coefficient (Wildman–Crippen LogP) is 3.09. The summed E-state index contributed by atoms with van der Waals surface area (Å²) >= 11 is 0. The number of benzene rings is 1. The number of carbonyl (C=O) groups excluding carboxylic acids is 2. The summed E-state index contributed by atoms with van der Waals surface area (Å²) in [6.07, 6.45) is 5.48. The van der Waals surface area contributed by atoms with Gasteiger partial charge in [0.05, 0.1) is 6.20 Å². The molecule has 3 aliphatic rings. The second-order valence-electron chi connectivity index (χ2n) is 7.36. The van der Waals surface area contributed by atoms with Crippen LogP contribution in [0.15, 0.2) is 34.9 Å². The van der Waals surface area contributed by atoms with E-state index in [1.54, 1.807) is 12.1 Å². The summed E-state index contributed by atoms with van der Waals surface area (Å²) in [5.41, 5.74) is -0.0173. The summed E-state index contributed by atoms with van der Waals surface area (Å²) in [7, 11) is 0. The van der Waals surface area contributed by atoms with Crippen molar-refractivity contribution in [1.82, 2.24) is 15.2 Å². The summed E-state index contributed by atoms with van der Waals surface area (Å²) in [6.45, 7) is 0.00700. The predicted molar refractivity (Wildman–Crippen MR) is 89.2 cm³/mol. The fourth-order valence-electron chi connectivity index (χ4n) is 3.99. The van der Waals surface area contributed by atoms with E-state index in [-0.39, 0.29) is 42.0 Å². The number of halogens is 1. The molecule has 3 fully saturated rings. The van der Waals surface area contributed by atoms with Gasteiger partial charge in [-0.15, -0.1) is 0 Å². The Morgan fingerprint density at radius 1 is 1.15 bits per heavy atom. The molecule has 1 saturated heterocycles. The lowest BCUT2D eigenvalue weighted by Crippen LogP contribution is -2.51. The van der Waals surface area contributed by atoms with Crippen LogP contribution in [-0.2, 0) is 11.3 Å². The van der Waals surface area contributed by atoms with Gasteiger partial charge in [0, 0.05) is 5.56 Å². The van der Waals surface area contributed by atoms with Gasteiger partial charge in [-0.05, 0) is 61.8 Å². The lowest BCUT2D eigenvalue weighted by atomic mass is 9.87. The molecule has 0 spiro atoms. The second kappa shape index (κ2) is 5.40. The first kappa shape index (κ1) is 15.5. The Kier molecular flexibility index (Phi) is 3.23. The summed E-state index contributed by atoms with van der Waals surface area (Å²) < 4.78 is 18.7. The average molecular weight is 355 g/mol. The largest absolute Gasteiger partial charge is 0.439 e. The van der Waals surface area contributed by atoms with E-state index in [2.05, 4.69) is 10.3 Å². The molecule has 0 radical (unpaired) electrons. The molecular formula is C19H18FN3O3. The van der Waals surface area contributed by atoms with Crippen LogP contribution in [0.3, 0.4) is 0 Å². The van der Waals surface area contributed by atoms with E-state index < -0.39 is 5.54 Å². The minimum atomic E-state index is -0.705. The molecule has 1 N–H and O–H groups in total. The fraction of sp³-hybridized carbons (Fsp3) is 0.421. The summed E-state index contributed by atoms with van der Waals surface area (Å²) in [5.74, 6) is 0.808. The number of hydrogen-bond acceptors (Lipinski definition) is 4. The van der Waals surface area contributed by atoms with Crippen LogP contribution in [0.5, 0.6) is 0 Å². The zero-order valence-electron chi connectivity index (χ0n) is 14.1. The van der Waals surface area contributed by atoms with Crippen molar-refractivity contribution in [2.24, 2.45) is 11.8 Å². The number of carbonyl (C=O) groups is 2. The maximum Gasteiger partial charge on any atom is 0.325 e. The highest BCUT2D eigenvalue weighted by molar-refractivity contribution is 6.07. The quantitative estimate of drug-likeness (QED) is 0.837. The van der Waals surface area contributed by atoms with Crippen molar-refractivity contribution in [3.63, 3.8) is 0 Å². The average Bonchev–Trinajstić information content (AvgIpc) is 3.55. The first-order valence-electron chi connectivity index (χ1n) is 8.92. The van der Waals surface area contributed by atoms with Gasteiger partial charge < -0.3 is 9.73 Å². The molecule has 6 nitrogen and oxygen atoms in total. The van der Waals surface area contributed by atoms with Gasteiger partial charge in [0.2, 0.25) is 5.89 Å². The van der Waals surface area contributed by atoms with Crippen LogP contribution in [0.1, 0.15) is 31.6 Å². The first-order chi connectivity index (χ1) is 12.6. The van der Waals surface area contributed by atoms with Gasteiger partial charge in [0.1, 0.15) is 17.9 Å². The SMILES string of the molecule is O=C1NC(C2CC2)(C2CC2)C(=O)N1Cc1ncc(-c2ccc(F)cc2)o1. The Morgan fingerprint density at radius 3 is 2.42 bits per heavy atom. The zero-order valence-corrected chi connectivity index (χ0v) is 14.1. The third kappa shape index (κ3) is 2.34. The molecule has 2 saturated carbocycles. The van der Waals surface area contributed by atoms with E-state index in [4.69, 9.17) is 4.42 Å². The van der Waals surface area contributed by atoms with Gasteiger partial charge in [-0.3, -0.25) is 9.69 Å². The van der Waals surface area contributed by atoms with E-state index in [0.717, 1.165) is 25.7 Å². The third-order valence-electron chi connectivity index (χ3n) is 5.58. The number of imide groups is 1. The Balaban J connectivity index is 1.37. The third-order valence-corrected chi connectivity index (χ3v) is 5.58. The maximum atomic E-state index is 13.1. The van der Waals surface area contributed by atoms with Crippen LogP contribution >= 0.6 is 0 Å². The molecule has 5 rings (SSSR count). The van der Waals surface area contributed by atoms with E-state index >= 15 is 0 Å². The van der Waals surface area contributed by atoms with E-state index in [1.807, 2.05) is 0 Å². The molecule has 7 heteroatoms. The maximum absolute atomic E-state index is 13.1. The van der Waals surface area contributed by atoms with Crippen LogP contribution in [0, 0.1) is 17.7 Å². The van der Waals surface area contributed by atoms with Crippen LogP contribution in [0.25, 0.3) is 11.3 Å². The molecule has 1 aliphatic heterocycles. The highest BCUT2D eigenvalue weighted by atomic mass is 19.1. The van der Waals surface area contributed by atoms with Crippen molar-refractivity contribution in [3.05, 3.63) is 42.2 Å². The van der Waals surface area contributed by atoms with E-state index in [9.17, 15) is 14.0 Å². The van der Waals surface area contributed by atoms with Crippen LogP contribution in [0.4, 0.5) is 9.18 Å². The smallest absolute Gasteiger partial charge is 0.325 e. The van der Waals surface area contributed by atoms with Crippen molar-refractivity contribution >= 4 is 11.9 Å². The Labute approximate surface area is 149 Å². The molecule has 2 aliphatic carbocycles. The number of amides is 3. The lowest BCUT2D eigenvalue weighted by molar-refractivity contribution is -0.133. The highest BCUT2D eigenvalue weighted by Gasteiger charge is 2.65. The molecule has 0 bridgehead atoms. The summed E-state index contributed by atoms with van der Waals surface area (Å²) in [5, 5.41) is 2.98. The molecule has 26 heavy (non-hydrogen) atoms. The summed E-state index contributed by atoms with van der Waals surface area (Å²) in [4.78, 5) is 30.9. The fourth-order valence-corrected chi connectivity index (χ4v) is 3.99. The van der Waals surface area contributed by atoms with Gasteiger partial charge in [-0.2, -0.15) is 0 Å². The van der Waals surface area contributed by atoms with Crippen molar-refractivity contribution in [2.45, 2.75) is 37.8 Å². The Bertz CT molecular complexity index is 872. The van der Waals surface area contributed by atoms with E-state index in [1.165, 1.54) is 23.2 Å². The van der Waals surface area contributed by atoms with Gasteiger partial charge in [-0.1, -0.05) is 0 Å². The zero-order chi connectivity index (χ0) is 17.9. The Hall–Kier alpha value is -2.70. The van der Waals surface area contributed by atoms with Crippen LogP contribution in [0.2, 0.25) is 0 Å². The van der Waals surface area contributed by atoms with Crippen molar-refractivity contribution in [2.75, 3.05) is 0 Å². The van der Waals surface area contributed by atoms with Crippen LogP contribution < -0.4 is 5.32 Å². The molecule has 0 atom stereocenters. The number of aromatic nitrogens is 1. The molecule has 2 heterocycles. The van der Waals surface area contributed by atoms with E-state index in [0.29, 0.717) is 11.3 Å². The number of hydrogen-bond donors (Lipinski definition) is 1. The molecule has 2 aromatic rings. The summed E-state index contributed by atoms with van der Waals surface area (Å²) in [6, 6.07) is 5.51. The number of nitrogens with one attached hydrogen (secondary N) is 1. The van der Waals surface area contributed by atoms with Crippen LogP contribution in [-0.4, -0.2) is 27.4 Å². The van der Waals surface area contributed by atoms with Gasteiger partial charge in [0.25, 0.3) is 5.91 Å². The molecule has 1 aromatic heterocycles. The van der Waals surface area contributed by atoms with Gasteiger partial charge in [0.15, 0.2) is 5.76 Å². The first-order valence-corrected chi connectivity index (χ1v) is 8.92. The van der Waals surface area contributed by atoms with Crippen molar-refractivity contribution < 1.29 is 18.4 Å². The second-order valence-corrected chi connectivity index (χ2v) is 7.36. The van der Waals surface area contributed by atoms with Gasteiger partial charge in [-0.25, -0.2) is 14.2 Å². The number of urea groups is 1. The molecule has 134 valence electrons. The Morgan fingerprint density at radius 2 is 1.81 bits per heavy atom. The minimum Gasteiger partial charge on any atom is -0.439 e. The number of oxazole rings is 1. The monoisotopic (exact) mass is 355 g/mol. The molecule has 3 amide bonds. The number of nitrogens with zero attached hydrogens (tertiary/aromatic N) is 2. The highest BCUT2D eigenvalue weighted by Crippen LogP contribution is 2.54. The molecular weight excluding hydrogens is 337 g/mol. The van der Waals surface area contributed by atoms with Crippen molar-refractivity contribution in [3.8, 4) is 11.3 Å². The normalized spacial score (nSPS) is 22.0. The minimum absolute atomic E-state index is 0.00700. The standard InChI is InChI=1S/C19H18FN3O3/c20-14-7-1-11(2-8-14)15-9-21-16(26-15)10-23-17(24)19(12-3-4-12,13-5-6-13)22-18(23)25/h1-2,7-9,12-13H,3-6,10H2,(H,22,25).